The van der Waals surface area contributed by atoms with Crippen LogP contribution >= 0.6 is 0 Å². The van der Waals surface area contributed by atoms with Crippen molar-refractivity contribution in [1.82, 2.24) is 15.5 Å². The van der Waals surface area contributed by atoms with Gasteiger partial charge in [0.15, 0.2) is 0 Å². The van der Waals surface area contributed by atoms with Gasteiger partial charge in [-0.3, -0.25) is 14.4 Å². The number of rotatable bonds is 8. The molecule has 1 aromatic carbocycles. The highest BCUT2D eigenvalue weighted by atomic mass is 16.5. The van der Waals surface area contributed by atoms with Crippen molar-refractivity contribution in [2.45, 2.75) is 77.3 Å². The van der Waals surface area contributed by atoms with E-state index in [-0.39, 0.29) is 17.7 Å². The Balaban J connectivity index is 1.62. The summed E-state index contributed by atoms with van der Waals surface area (Å²) in [6, 6.07) is 6.63. The Labute approximate surface area is 213 Å². The molecule has 2 N–H and O–H groups in total. The lowest BCUT2D eigenvalue weighted by Crippen LogP contribution is -2.58. The van der Waals surface area contributed by atoms with Gasteiger partial charge in [-0.15, -0.1) is 0 Å². The smallest absolute Gasteiger partial charge is 0.246 e. The number of hydrogen-bond donors (Lipinski definition) is 2. The molecule has 0 radical (unpaired) electrons. The average molecular weight is 498 g/mol. The zero-order valence-electron chi connectivity index (χ0n) is 22.4. The highest BCUT2D eigenvalue weighted by Crippen LogP contribution is 2.59. The van der Waals surface area contributed by atoms with Crippen molar-refractivity contribution in [1.29, 1.82) is 0 Å². The fraction of sp³-hybridized carbons (Fsp3) is 0.607. The fourth-order valence-electron chi connectivity index (χ4n) is 5.75. The lowest BCUT2D eigenvalue weighted by atomic mass is 9.70. The van der Waals surface area contributed by atoms with E-state index in [4.69, 9.17) is 9.47 Å². The van der Waals surface area contributed by atoms with Crippen LogP contribution in [0.15, 0.2) is 36.4 Å². The number of ether oxygens (including phenoxy) is 2. The maximum atomic E-state index is 13.9. The van der Waals surface area contributed by atoms with Crippen molar-refractivity contribution in [3.05, 3.63) is 42.0 Å². The molecule has 1 aromatic rings. The van der Waals surface area contributed by atoms with Gasteiger partial charge in [-0.1, -0.05) is 38.1 Å². The van der Waals surface area contributed by atoms with Crippen LogP contribution in [0.1, 0.15) is 53.5 Å². The van der Waals surface area contributed by atoms with E-state index >= 15 is 0 Å². The molecule has 5 unspecified atom stereocenters. The summed E-state index contributed by atoms with van der Waals surface area (Å²) < 4.78 is 11.7. The summed E-state index contributed by atoms with van der Waals surface area (Å²) in [4.78, 5) is 42.7. The standard InChI is InChI=1S/C28H39N3O5/c1-17(2)12-15-31-22(24(33)30-26(3,4)5)28-14-13-27(6,36-28)20(21(28)25(31)34)23(32)29-16-18-8-10-19(35-7)11-9-18/h8-11,13-14,17,20-22H,12,15-16H2,1-7H3,(H,29,32)(H,30,33). The molecule has 2 fully saturated rings. The van der Waals surface area contributed by atoms with Gasteiger partial charge >= 0.3 is 0 Å². The summed E-state index contributed by atoms with van der Waals surface area (Å²) >= 11 is 0. The molecule has 3 heterocycles. The number of nitrogens with zero attached hydrogens (tertiary/aromatic N) is 1. The second-order valence-electron chi connectivity index (χ2n) is 11.8. The van der Waals surface area contributed by atoms with Crippen molar-refractivity contribution in [2.24, 2.45) is 17.8 Å². The summed E-state index contributed by atoms with van der Waals surface area (Å²) in [6.07, 6.45) is 4.46. The third kappa shape index (κ3) is 4.51. The van der Waals surface area contributed by atoms with E-state index in [0.29, 0.717) is 19.0 Å². The molecule has 0 aliphatic carbocycles. The molecule has 0 aromatic heterocycles. The molecule has 36 heavy (non-hydrogen) atoms. The van der Waals surface area contributed by atoms with E-state index in [1.807, 2.05) is 64.1 Å². The number of fused-ring (bicyclic) bond motifs is 1. The van der Waals surface area contributed by atoms with Crippen LogP contribution in [0.3, 0.4) is 0 Å². The summed E-state index contributed by atoms with van der Waals surface area (Å²) in [5.41, 5.74) is -1.69. The minimum atomic E-state index is -1.17. The predicted octanol–water partition coefficient (Wildman–Crippen LogP) is 2.81. The van der Waals surface area contributed by atoms with Crippen LogP contribution in [-0.4, -0.2) is 59.1 Å². The van der Waals surface area contributed by atoms with Crippen molar-refractivity contribution in [3.8, 4) is 5.75 Å². The number of methoxy groups -OCH3 is 1. The number of carbonyl (C=O) groups is 3. The minimum absolute atomic E-state index is 0.192. The summed E-state index contributed by atoms with van der Waals surface area (Å²) in [6.45, 7) is 12.5. The van der Waals surface area contributed by atoms with Gasteiger partial charge in [-0.05, 0) is 57.7 Å². The lowest BCUT2D eigenvalue weighted by molar-refractivity contribution is -0.145. The van der Waals surface area contributed by atoms with Crippen molar-refractivity contribution < 1.29 is 23.9 Å². The number of hydrogen-bond acceptors (Lipinski definition) is 5. The largest absolute Gasteiger partial charge is 0.497 e. The van der Waals surface area contributed by atoms with Crippen molar-refractivity contribution in [2.75, 3.05) is 13.7 Å². The van der Waals surface area contributed by atoms with Crippen LogP contribution in [0.5, 0.6) is 5.75 Å². The molecular formula is C28H39N3O5. The molecule has 3 amide bonds. The molecule has 3 aliphatic heterocycles. The monoisotopic (exact) mass is 497 g/mol. The third-order valence-corrected chi connectivity index (χ3v) is 7.40. The molecule has 196 valence electrons. The Morgan fingerprint density at radius 1 is 1.14 bits per heavy atom. The fourth-order valence-corrected chi connectivity index (χ4v) is 5.75. The van der Waals surface area contributed by atoms with Gasteiger partial charge in [0, 0.05) is 18.6 Å². The molecule has 2 saturated heterocycles. The highest BCUT2D eigenvalue weighted by Gasteiger charge is 2.76. The van der Waals surface area contributed by atoms with Crippen LogP contribution in [0.25, 0.3) is 0 Å². The zero-order valence-corrected chi connectivity index (χ0v) is 22.4. The van der Waals surface area contributed by atoms with Crippen LogP contribution in [0, 0.1) is 17.8 Å². The topological polar surface area (TPSA) is 97.0 Å². The number of nitrogens with one attached hydrogen (secondary N) is 2. The maximum absolute atomic E-state index is 13.9. The van der Waals surface area contributed by atoms with E-state index in [1.54, 1.807) is 12.0 Å². The molecule has 1 spiro atoms. The second kappa shape index (κ2) is 9.21. The number of likely N-dealkylation sites (tertiary alicyclic amines) is 1. The normalized spacial score (nSPS) is 30.6. The highest BCUT2D eigenvalue weighted by molar-refractivity contribution is 6.00. The molecule has 8 heteroatoms. The minimum Gasteiger partial charge on any atom is -0.497 e. The van der Waals surface area contributed by atoms with E-state index in [0.717, 1.165) is 17.7 Å². The van der Waals surface area contributed by atoms with Gasteiger partial charge in [0.2, 0.25) is 17.7 Å². The van der Waals surface area contributed by atoms with Gasteiger partial charge in [0.25, 0.3) is 0 Å². The quantitative estimate of drug-likeness (QED) is 0.539. The summed E-state index contributed by atoms with van der Waals surface area (Å²) in [5, 5.41) is 6.05. The Bertz CT molecular complexity index is 1060. The summed E-state index contributed by atoms with van der Waals surface area (Å²) in [5.74, 6) is -1.09. The van der Waals surface area contributed by atoms with Gasteiger partial charge in [0.1, 0.15) is 17.4 Å². The Morgan fingerprint density at radius 3 is 2.39 bits per heavy atom. The Kier molecular flexibility index (Phi) is 6.71. The molecular weight excluding hydrogens is 458 g/mol. The van der Waals surface area contributed by atoms with Gasteiger partial charge in [-0.2, -0.15) is 0 Å². The van der Waals surface area contributed by atoms with Crippen LogP contribution in [-0.2, 0) is 25.7 Å². The Morgan fingerprint density at radius 2 is 1.81 bits per heavy atom. The van der Waals surface area contributed by atoms with E-state index < -0.39 is 34.6 Å². The third-order valence-electron chi connectivity index (χ3n) is 7.40. The van der Waals surface area contributed by atoms with Gasteiger partial charge in [0.05, 0.1) is 24.5 Å². The molecule has 4 rings (SSSR count). The Hall–Kier alpha value is -2.87. The lowest BCUT2D eigenvalue weighted by Gasteiger charge is -2.35. The molecule has 2 bridgehead atoms. The first kappa shape index (κ1) is 26.2. The first-order valence-electron chi connectivity index (χ1n) is 12.7. The van der Waals surface area contributed by atoms with Crippen molar-refractivity contribution >= 4 is 17.7 Å². The molecule has 3 aliphatic rings. The second-order valence-corrected chi connectivity index (χ2v) is 11.8. The number of benzene rings is 1. The van der Waals surface area contributed by atoms with E-state index in [2.05, 4.69) is 24.5 Å². The molecule has 8 nitrogen and oxygen atoms in total. The zero-order chi connectivity index (χ0) is 26.5. The average Bonchev–Trinajstić information content (AvgIpc) is 3.35. The van der Waals surface area contributed by atoms with Gasteiger partial charge in [-0.25, -0.2) is 0 Å². The maximum Gasteiger partial charge on any atom is 0.246 e. The van der Waals surface area contributed by atoms with E-state index in [1.165, 1.54) is 0 Å². The first-order valence-corrected chi connectivity index (χ1v) is 12.7. The predicted molar refractivity (Wildman–Crippen MR) is 136 cm³/mol. The first-order chi connectivity index (χ1) is 16.8. The van der Waals surface area contributed by atoms with Crippen LogP contribution in [0.2, 0.25) is 0 Å². The van der Waals surface area contributed by atoms with Crippen molar-refractivity contribution in [3.63, 3.8) is 0 Å². The SMILES string of the molecule is COc1ccc(CNC(=O)C2C3C(=O)N(CCC(C)C)C(C(=O)NC(C)(C)C)C34C=CC2(C)O4)cc1. The summed E-state index contributed by atoms with van der Waals surface area (Å²) in [7, 11) is 1.61. The van der Waals surface area contributed by atoms with Crippen LogP contribution < -0.4 is 15.4 Å². The molecule has 0 saturated carbocycles. The van der Waals surface area contributed by atoms with E-state index in [9.17, 15) is 14.4 Å². The van der Waals surface area contributed by atoms with Crippen LogP contribution in [0.4, 0.5) is 0 Å². The molecule has 5 atom stereocenters. The van der Waals surface area contributed by atoms with Gasteiger partial charge < -0.3 is 25.0 Å². The number of amides is 3. The number of carbonyl (C=O) groups excluding carboxylic acids is 3.